The molecule has 1 aliphatic carbocycles. The molecule has 17 heavy (non-hydrogen) atoms. The second kappa shape index (κ2) is 7.38. The molecular weight excluding hydrogens is 208 g/mol. The molecule has 1 heterocycles. The van der Waals surface area contributed by atoms with Crippen LogP contribution in [-0.4, -0.2) is 36.6 Å². The first-order valence-corrected chi connectivity index (χ1v) is 7.87. The number of likely N-dealkylation sites (tertiary alicyclic amines) is 1. The Balaban J connectivity index is 1.78. The van der Waals surface area contributed by atoms with Crippen LogP contribution in [0.1, 0.15) is 64.7 Å². The number of nitrogens with one attached hydrogen (secondary N) is 1. The van der Waals surface area contributed by atoms with E-state index in [0.717, 1.165) is 12.1 Å². The second-order valence-electron chi connectivity index (χ2n) is 5.93. The molecule has 1 atom stereocenters. The van der Waals surface area contributed by atoms with Gasteiger partial charge in [0.15, 0.2) is 0 Å². The van der Waals surface area contributed by atoms with Gasteiger partial charge in [-0.3, -0.25) is 4.90 Å². The van der Waals surface area contributed by atoms with Gasteiger partial charge in [0.25, 0.3) is 0 Å². The van der Waals surface area contributed by atoms with E-state index in [-0.39, 0.29) is 0 Å². The molecule has 1 N–H and O–H groups in total. The molecule has 2 fully saturated rings. The highest BCUT2D eigenvalue weighted by molar-refractivity contribution is 4.83. The SMILES string of the molecule is CCCNC1CCCN(C2CCCCCC2)C1. The Labute approximate surface area is 107 Å². The summed E-state index contributed by atoms with van der Waals surface area (Å²) in [5, 5.41) is 3.71. The smallest absolute Gasteiger partial charge is 0.0195 e. The molecule has 0 radical (unpaired) electrons. The average molecular weight is 238 g/mol. The summed E-state index contributed by atoms with van der Waals surface area (Å²) in [6.45, 7) is 6.13. The van der Waals surface area contributed by atoms with Crippen LogP contribution in [0.4, 0.5) is 0 Å². The van der Waals surface area contributed by atoms with Crippen LogP contribution in [0.3, 0.4) is 0 Å². The monoisotopic (exact) mass is 238 g/mol. The largest absolute Gasteiger partial charge is 0.313 e. The van der Waals surface area contributed by atoms with E-state index in [9.17, 15) is 0 Å². The zero-order valence-corrected chi connectivity index (χ0v) is 11.6. The van der Waals surface area contributed by atoms with Crippen molar-refractivity contribution in [2.45, 2.75) is 76.8 Å². The van der Waals surface area contributed by atoms with E-state index in [1.807, 2.05) is 0 Å². The van der Waals surface area contributed by atoms with Gasteiger partial charge in [-0.15, -0.1) is 0 Å². The molecule has 0 amide bonds. The molecule has 1 aliphatic heterocycles. The van der Waals surface area contributed by atoms with E-state index in [0.29, 0.717) is 0 Å². The lowest BCUT2D eigenvalue weighted by atomic mass is 10.00. The Morgan fingerprint density at radius 1 is 1.00 bits per heavy atom. The van der Waals surface area contributed by atoms with E-state index >= 15 is 0 Å². The summed E-state index contributed by atoms with van der Waals surface area (Å²) in [7, 11) is 0. The van der Waals surface area contributed by atoms with E-state index in [2.05, 4.69) is 17.1 Å². The van der Waals surface area contributed by atoms with Crippen LogP contribution in [0.25, 0.3) is 0 Å². The Kier molecular flexibility index (Phi) is 5.79. The lowest BCUT2D eigenvalue weighted by molar-refractivity contribution is 0.125. The number of hydrogen-bond donors (Lipinski definition) is 1. The topological polar surface area (TPSA) is 15.3 Å². The third kappa shape index (κ3) is 4.26. The van der Waals surface area contributed by atoms with Gasteiger partial charge in [0.05, 0.1) is 0 Å². The van der Waals surface area contributed by atoms with Crippen molar-refractivity contribution in [2.24, 2.45) is 0 Å². The maximum Gasteiger partial charge on any atom is 0.0195 e. The molecule has 1 unspecified atom stereocenters. The van der Waals surface area contributed by atoms with Gasteiger partial charge in [0.1, 0.15) is 0 Å². The maximum absolute atomic E-state index is 3.71. The summed E-state index contributed by atoms with van der Waals surface area (Å²) in [5.41, 5.74) is 0. The van der Waals surface area contributed by atoms with E-state index in [1.54, 1.807) is 0 Å². The molecule has 2 rings (SSSR count). The second-order valence-corrected chi connectivity index (χ2v) is 5.93. The molecule has 100 valence electrons. The van der Waals surface area contributed by atoms with Crippen LogP contribution < -0.4 is 5.32 Å². The number of nitrogens with zero attached hydrogens (tertiary/aromatic N) is 1. The predicted molar refractivity (Wildman–Crippen MR) is 74.4 cm³/mol. The van der Waals surface area contributed by atoms with Gasteiger partial charge >= 0.3 is 0 Å². The van der Waals surface area contributed by atoms with Gasteiger partial charge < -0.3 is 5.32 Å². The van der Waals surface area contributed by atoms with Crippen LogP contribution >= 0.6 is 0 Å². The Hall–Kier alpha value is -0.0800. The summed E-state index contributed by atoms with van der Waals surface area (Å²) >= 11 is 0. The molecule has 2 nitrogen and oxygen atoms in total. The van der Waals surface area contributed by atoms with E-state index in [1.165, 1.54) is 77.4 Å². The van der Waals surface area contributed by atoms with Gasteiger partial charge in [-0.1, -0.05) is 32.6 Å². The third-order valence-electron chi connectivity index (χ3n) is 4.48. The highest BCUT2D eigenvalue weighted by Crippen LogP contribution is 2.24. The molecule has 0 aromatic carbocycles. The normalized spacial score (nSPS) is 29.1. The standard InChI is InChI=1S/C15H30N2/c1-2-11-16-14-8-7-12-17(13-14)15-9-5-3-4-6-10-15/h14-16H,2-13H2,1H3. The summed E-state index contributed by atoms with van der Waals surface area (Å²) in [5.74, 6) is 0. The molecule has 0 bridgehead atoms. The van der Waals surface area contributed by atoms with Crippen molar-refractivity contribution >= 4 is 0 Å². The maximum atomic E-state index is 3.71. The Morgan fingerprint density at radius 2 is 1.76 bits per heavy atom. The summed E-state index contributed by atoms with van der Waals surface area (Å²) in [6, 6.07) is 1.68. The minimum absolute atomic E-state index is 0.770. The zero-order valence-electron chi connectivity index (χ0n) is 11.6. The number of rotatable bonds is 4. The lowest BCUT2D eigenvalue weighted by Crippen LogP contribution is -2.49. The first-order chi connectivity index (χ1) is 8.40. The van der Waals surface area contributed by atoms with Gasteiger partial charge in [0.2, 0.25) is 0 Å². The van der Waals surface area contributed by atoms with Gasteiger partial charge in [-0.05, 0) is 45.2 Å². The summed E-state index contributed by atoms with van der Waals surface area (Å²) in [4.78, 5) is 2.79. The van der Waals surface area contributed by atoms with E-state index < -0.39 is 0 Å². The van der Waals surface area contributed by atoms with E-state index in [4.69, 9.17) is 0 Å². The highest BCUT2D eigenvalue weighted by atomic mass is 15.2. The fourth-order valence-corrected chi connectivity index (χ4v) is 3.48. The van der Waals surface area contributed by atoms with Crippen LogP contribution in [0.2, 0.25) is 0 Å². The fourth-order valence-electron chi connectivity index (χ4n) is 3.48. The quantitative estimate of drug-likeness (QED) is 0.757. The molecule has 2 heteroatoms. The van der Waals surface area contributed by atoms with Gasteiger partial charge in [-0.25, -0.2) is 0 Å². The lowest BCUT2D eigenvalue weighted by Gasteiger charge is -2.38. The molecule has 0 aromatic heterocycles. The molecule has 0 aromatic rings. The number of hydrogen-bond acceptors (Lipinski definition) is 2. The first-order valence-electron chi connectivity index (χ1n) is 7.87. The summed E-state index contributed by atoms with van der Waals surface area (Å²) < 4.78 is 0. The fraction of sp³-hybridized carbons (Fsp3) is 1.00. The summed E-state index contributed by atoms with van der Waals surface area (Å²) in [6.07, 6.45) is 12.9. The van der Waals surface area contributed by atoms with Crippen LogP contribution in [0, 0.1) is 0 Å². The van der Waals surface area contributed by atoms with Crippen molar-refractivity contribution < 1.29 is 0 Å². The average Bonchev–Trinajstić information content (AvgIpc) is 2.65. The Bertz CT molecular complexity index is 197. The van der Waals surface area contributed by atoms with Crippen LogP contribution in [-0.2, 0) is 0 Å². The molecular formula is C15H30N2. The van der Waals surface area contributed by atoms with Crippen molar-refractivity contribution in [1.29, 1.82) is 0 Å². The minimum Gasteiger partial charge on any atom is -0.313 e. The van der Waals surface area contributed by atoms with Crippen molar-refractivity contribution in [3.8, 4) is 0 Å². The third-order valence-corrected chi connectivity index (χ3v) is 4.48. The highest BCUT2D eigenvalue weighted by Gasteiger charge is 2.25. The molecule has 1 saturated heterocycles. The van der Waals surface area contributed by atoms with Crippen molar-refractivity contribution in [3.63, 3.8) is 0 Å². The number of piperidine rings is 1. The first kappa shape index (κ1) is 13.4. The zero-order chi connectivity index (χ0) is 11.9. The predicted octanol–water partition coefficient (Wildman–Crippen LogP) is 3.17. The van der Waals surface area contributed by atoms with Crippen LogP contribution in [0.15, 0.2) is 0 Å². The van der Waals surface area contributed by atoms with Crippen molar-refractivity contribution in [3.05, 3.63) is 0 Å². The molecule has 0 spiro atoms. The van der Waals surface area contributed by atoms with Crippen molar-refractivity contribution in [1.82, 2.24) is 10.2 Å². The van der Waals surface area contributed by atoms with Crippen molar-refractivity contribution in [2.75, 3.05) is 19.6 Å². The van der Waals surface area contributed by atoms with Gasteiger partial charge in [0, 0.05) is 18.6 Å². The van der Waals surface area contributed by atoms with Crippen LogP contribution in [0.5, 0.6) is 0 Å². The van der Waals surface area contributed by atoms with Gasteiger partial charge in [-0.2, -0.15) is 0 Å². The molecule has 1 saturated carbocycles. The minimum atomic E-state index is 0.770. The molecule has 2 aliphatic rings. The Morgan fingerprint density at radius 3 is 2.47 bits per heavy atom.